The lowest BCUT2D eigenvalue weighted by Gasteiger charge is -2.13. The molecule has 110 valence electrons. The van der Waals surface area contributed by atoms with E-state index in [4.69, 9.17) is 0 Å². The second kappa shape index (κ2) is 6.15. The highest BCUT2D eigenvalue weighted by Crippen LogP contribution is 2.37. The van der Waals surface area contributed by atoms with Gasteiger partial charge in [-0.2, -0.15) is 5.10 Å². The van der Waals surface area contributed by atoms with Crippen molar-refractivity contribution in [2.45, 2.75) is 17.2 Å². The largest absolute Gasteiger partial charge is 0.480 e. The standard InChI is InChI=1S/C17H14N2O2S/c1-11-13-9-5-6-10-14(13)16(19-18-11)22-15(17(20)21)12-7-3-2-4-8-12/h2-10,15H,1H3,(H,20,21)/t15-/m1/s1. The van der Waals surface area contributed by atoms with Crippen LogP contribution in [0, 0.1) is 6.92 Å². The maximum atomic E-state index is 11.6. The van der Waals surface area contributed by atoms with Crippen LogP contribution >= 0.6 is 11.8 Å². The first-order valence-corrected chi connectivity index (χ1v) is 7.71. The van der Waals surface area contributed by atoms with E-state index in [0.717, 1.165) is 22.0 Å². The van der Waals surface area contributed by atoms with Crippen LogP contribution in [0.3, 0.4) is 0 Å². The van der Waals surface area contributed by atoms with Crippen LogP contribution in [0.5, 0.6) is 0 Å². The molecule has 3 aromatic rings. The number of hydrogen-bond acceptors (Lipinski definition) is 4. The van der Waals surface area contributed by atoms with Crippen LogP contribution in [0.2, 0.25) is 0 Å². The molecule has 3 rings (SSSR count). The summed E-state index contributed by atoms with van der Waals surface area (Å²) in [6.45, 7) is 1.90. The minimum Gasteiger partial charge on any atom is -0.480 e. The molecule has 1 N–H and O–H groups in total. The van der Waals surface area contributed by atoms with Gasteiger partial charge in [0.05, 0.1) is 5.69 Å². The van der Waals surface area contributed by atoms with Crippen LogP contribution in [-0.4, -0.2) is 21.3 Å². The number of fused-ring (bicyclic) bond motifs is 1. The summed E-state index contributed by atoms with van der Waals surface area (Å²) in [5.41, 5.74) is 1.58. The van der Waals surface area contributed by atoms with Crippen molar-refractivity contribution in [3.8, 4) is 0 Å². The predicted molar refractivity (Wildman–Crippen MR) is 87.0 cm³/mol. The third kappa shape index (κ3) is 2.80. The van der Waals surface area contributed by atoms with E-state index in [9.17, 15) is 9.90 Å². The Bertz CT molecular complexity index is 821. The third-order valence-electron chi connectivity index (χ3n) is 3.39. The zero-order valence-corrected chi connectivity index (χ0v) is 12.7. The molecule has 1 aromatic heterocycles. The van der Waals surface area contributed by atoms with Gasteiger partial charge in [-0.15, -0.1) is 5.10 Å². The molecular formula is C17H14N2O2S. The molecule has 0 fully saturated rings. The minimum absolute atomic E-state index is 0.637. The Kier molecular flexibility index (Phi) is 4.06. The van der Waals surface area contributed by atoms with Crippen molar-refractivity contribution >= 4 is 28.5 Å². The Morgan fingerprint density at radius 1 is 1.00 bits per heavy atom. The smallest absolute Gasteiger partial charge is 0.321 e. The number of rotatable bonds is 4. The molecule has 1 atom stereocenters. The third-order valence-corrected chi connectivity index (χ3v) is 4.63. The Balaban J connectivity index is 2.04. The summed E-state index contributed by atoms with van der Waals surface area (Å²) < 4.78 is 0. The molecule has 0 saturated heterocycles. The van der Waals surface area contributed by atoms with Gasteiger partial charge in [0.1, 0.15) is 10.3 Å². The lowest BCUT2D eigenvalue weighted by atomic mass is 10.1. The SMILES string of the molecule is Cc1nnc(S[C@@H](C(=O)O)c2ccccc2)c2ccccc12. The van der Waals surface area contributed by atoms with Gasteiger partial charge in [-0.05, 0) is 12.5 Å². The summed E-state index contributed by atoms with van der Waals surface area (Å²) in [6, 6.07) is 17.0. The number of hydrogen-bond donors (Lipinski definition) is 1. The molecule has 0 aliphatic carbocycles. The Morgan fingerprint density at radius 2 is 1.64 bits per heavy atom. The molecule has 0 saturated carbocycles. The number of carbonyl (C=O) groups is 1. The summed E-state index contributed by atoms with van der Waals surface area (Å²) >= 11 is 1.21. The highest BCUT2D eigenvalue weighted by molar-refractivity contribution is 8.00. The van der Waals surface area contributed by atoms with Gasteiger partial charge in [0.15, 0.2) is 0 Å². The quantitative estimate of drug-likeness (QED) is 0.741. The summed E-state index contributed by atoms with van der Waals surface area (Å²) in [7, 11) is 0. The van der Waals surface area contributed by atoms with E-state index < -0.39 is 11.2 Å². The van der Waals surface area contributed by atoms with E-state index in [1.807, 2.05) is 61.5 Å². The first-order chi connectivity index (χ1) is 10.7. The van der Waals surface area contributed by atoms with Gasteiger partial charge in [0, 0.05) is 10.8 Å². The van der Waals surface area contributed by atoms with Crippen molar-refractivity contribution in [2.75, 3.05) is 0 Å². The summed E-state index contributed by atoms with van der Waals surface area (Å²) in [5, 5.41) is 19.8. The van der Waals surface area contributed by atoms with E-state index in [1.54, 1.807) is 0 Å². The zero-order valence-electron chi connectivity index (χ0n) is 11.9. The number of benzene rings is 2. The van der Waals surface area contributed by atoms with Crippen LogP contribution in [0.1, 0.15) is 16.5 Å². The number of aromatic nitrogens is 2. The normalized spacial score (nSPS) is 12.2. The van der Waals surface area contributed by atoms with Gasteiger partial charge >= 0.3 is 5.97 Å². The summed E-state index contributed by atoms with van der Waals surface area (Å²) in [4.78, 5) is 11.6. The van der Waals surface area contributed by atoms with Gasteiger partial charge in [-0.3, -0.25) is 4.79 Å². The van der Waals surface area contributed by atoms with Crippen LogP contribution in [-0.2, 0) is 4.79 Å². The topological polar surface area (TPSA) is 63.1 Å². The molecule has 4 nitrogen and oxygen atoms in total. The van der Waals surface area contributed by atoms with E-state index in [1.165, 1.54) is 11.8 Å². The van der Waals surface area contributed by atoms with Crippen LogP contribution in [0.15, 0.2) is 59.6 Å². The molecule has 0 amide bonds. The molecule has 0 radical (unpaired) electrons. The Labute approximate surface area is 132 Å². The minimum atomic E-state index is -0.886. The summed E-state index contributed by atoms with van der Waals surface area (Å²) in [6.07, 6.45) is 0. The molecule has 0 bridgehead atoms. The highest BCUT2D eigenvalue weighted by atomic mass is 32.2. The highest BCUT2D eigenvalue weighted by Gasteiger charge is 2.23. The molecule has 0 aliphatic heterocycles. The average molecular weight is 310 g/mol. The van der Waals surface area contributed by atoms with Gasteiger partial charge in [0.2, 0.25) is 0 Å². The Morgan fingerprint density at radius 3 is 2.32 bits per heavy atom. The lowest BCUT2D eigenvalue weighted by Crippen LogP contribution is -2.08. The number of aliphatic carboxylic acids is 1. The molecule has 22 heavy (non-hydrogen) atoms. The van der Waals surface area contributed by atoms with Crippen molar-refractivity contribution < 1.29 is 9.90 Å². The van der Waals surface area contributed by atoms with E-state index >= 15 is 0 Å². The van der Waals surface area contributed by atoms with Gasteiger partial charge < -0.3 is 5.11 Å². The van der Waals surface area contributed by atoms with Crippen molar-refractivity contribution in [3.05, 3.63) is 65.9 Å². The maximum absolute atomic E-state index is 11.6. The fourth-order valence-electron chi connectivity index (χ4n) is 2.30. The van der Waals surface area contributed by atoms with Gasteiger partial charge in [-0.1, -0.05) is 66.4 Å². The van der Waals surface area contributed by atoms with Crippen molar-refractivity contribution in [1.29, 1.82) is 0 Å². The number of thioether (sulfide) groups is 1. The second-order valence-corrected chi connectivity index (χ2v) is 5.98. The average Bonchev–Trinajstić information content (AvgIpc) is 2.55. The van der Waals surface area contributed by atoms with Gasteiger partial charge in [-0.25, -0.2) is 0 Å². The number of aryl methyl sites for hydroxylation is 1. The number of carboxylic acids is 1. The van der Waals surface area contributed by atoms with E-state index in [-0.39, 0.29) is 0 Å². The van der Waals surface area contributed by atoms with Gasteiger partial charge in [0.25, 0.3) is 0 Å². The fourth-order valence-corrected chi connectivity index (χ4v) is 3.31. The predicted octanol–water partition coefficient (Wildman–Crippen LogP) is 3.86. The van der Waals surface area contributed by atoms with Crippen LogP contribution < -0.4 is 0 Å². The first kappa shape index (κ1) is 14.5. The fraction of sp³-hybridized carbons (Fsp3) is 0.118. The number of carboxylic acid groups (broad SMARTS) is 1. The van der Waals surface area contributed by atoms with Crippen molar-refractivity contribution in [2.24, 2.45) is 0 Å². The monoisotopic (exact) mass is 310 g/mol. The zero-order chi connectivity index (χ0) is 15.5. The molecule has 1 heterocycles. The second-order valence-electron chi connectivity index (χ2n) is 4.88. The Hall–Kier alpha value is -2.40. The van der Waals surface area contributed by atoms with Crippen LogP contribution in [0.4, 0.5) is 0 Å². The lowest BCUT2D eigenvalue weighted by molar-refractivity contribution is -0.136. The summed E-state index contributed by atoms with van der Waals surface area (Å²) in [5.74, 6) is -0.886. The molecule has 5 heteroatoms. The van der Waals surface area contributed by atoms with E-state index in [2.05, 4.69) is 10.2 Å². The molecular weight excluding hydrogens is 296 g/mol. The molecule has 2 aromatic carbocycles. The molecule has 0 unspecified atom stereocenters. The van der Waals surface area contributed by atoms with Crippen molar-refractivity contribution in [1.82, 2.24) is 10.2 Å². The number of nitrogens with zero attached hydrogens (tertiary/aromatic N) is 2. The molecule has 0 spiro atoms. The molecule has 0 aliphatic rings. The van der Waals surface area contributed by atoms with E-state index in [0.29, 0.717) is 5.03 Å². The van der Waals surface area contributed by atoms with Crippen LogP contribution in [0.25, 0.3) is 10.8 Å². The van der Waals surface area contributed by atoms with Crippen molar-refractivity contribution in [3.63, 3.8) is 0 Å². The first-order valence-electron chi connectivity index (χ1n) is 6.83. The maximum Gasteiger partial charge on any atom is 0.321 e.